The predicted octanol–water partition coefficient (Wildman–Crippen LogP) is 2.85. The van der Waals surface area contributed by atoms with Gasteiger partial charge >= 0.3 is 5.97 Å². The predicted molar refractivity (Wildman–Crippen MR) is 61.1 cm³/mol. The van der Waals surface area contributed by atoms with Crippen molar-refractivity contribution in [1.82, 2.24) is 0 Å². The molecule has 2 N–H and O–H groups in total. The Hall–Kier alpha value is -1.85. The standard InChI is InChI=1S/C12H8ClFO4/c13-8-5-6(1-2-9(8)14)10(15)11-7(12(16)17)3-4-18-11/h1-5,10,15H,(H,16,17). The third kappa shape index (κ3) is 2.23. The van der Waals surface area contributed by atoms with Crippen LogP contribution in [-0.4, -0.2) is 16.2 Å². The molecule has 18 heavy (non-hydrogen) atoms. The van der Waals surface area contributed by atoms with Gasteiger partial charge in [0.25, 0.3) is 0 Å². The Labute approximate surface area is 106 Å². The second-order valence-corrected chi connectivity index (χ2v) is 3.99. The zero-order valence-corrected chi connectivity index (χ0v) is 9.69. The molecule has 0 aliphatic rings. The van der Waals surface area contributed by atoms with Gasteiger partial charge in [-0.1, -0.05) is 17.7 Å². The van der Waals surface area contributed by atoms with Crippen LogP contribution in [0.25, 0.3) is 0 Å². The Bertz CT molecular complexity index is 594. The number of rotatable bonds is 3. The van der Waals surface area contributed by atoms with Crippen molar-refractivity contribution in [2.24, 2.45) is 0 Å². The number of aliphatic hydroxyl groups is 1. The van der Waals surface area contributed by atoms with Crippen LogP contribution in [0.4, 0.5) is 4.39 Å². The number of hydrogen-bond donors (Lipinski definition) is 2. The van der Waals surface area contributed by atoms with Crippen LogP contribution in [0.1, 0.15) is 27.8 Å². The molecule has 4 nitrogen and oxygen atoms in total. The summed E-state index contributed by atoms with van der Waals surface area (Å²) in [5.41, 5.74) is 0.0989. The average molecular weight is 271 g/mol. The van der Waals surface area contributed by atoms with Crippen molar-refractivity contribution < 1.29 is 23.8 Å². The maximum Gasteiger partial charge on any atom is 0.339 e. The van der Waals surface area contributed by atoms with E-state index in [4.69, 9.17) is 21.1 Å². The van der Waals surface area contributed by atoms with Gasteiger partial charge in [0.15, 0.2) is 5.76 Å². The lowest BCUT2D eigenvalue weighted by molar-refractivity contribution is 0.0687. The average Bonchev–Trinajstić information content (AvgIpc) is 2.81. The Morgan fingerprint density at radius 2 is 2.11 bits per heavy atom. The number of carboxylic acid groups (broad SMARTS) is 1. The topological polar surface area (TPSA) is 70.7 Å². The van der Waals surface area contributed by atoms with Crippen molar-refractivity contribution in [3.05, 3.63) is 58.3 Å². The smallest absolute Gasteiger partial charge is 0.339 e. The Kier molecular flexibility index (Phi) is 3.36. The van der Waals surface area contributed by atoms with Crippen LogP contribution in [-0.2, 0) is 0 Å². The summed E-state index contributed by atoms with van der Waals surface area (Å²) in [5.74, 6) is -1.96. The molecule has 1 unspecified atom stereocenters. The van der Waals surface area contributed by atoms with Gasteiger partial charge in [-0.3, -0.25) is 0 Å². The van der Waals surface area contributed by atoms with Crippen LogP contribution >= 0.6 is 11.6 Å². The largest absolute Gasteiger partial charge is 0.478 e. The summed E-state index contributed by atoms with van der Waals surface area (Å²) in [7, 11) is 0. The van der Waals surface area contributed by atoms with Gasteiger partial charge in [0.05, 0.1) is 11.3 Å². The number of aliphatic hydroxyl groups excluding tert-OH is 1. The summed E-state index contributed by atoms with van der Waals surface area (Å²) in [6.45, 7) is 0. The fourth-order valence-electron chi connectivity index (χ4n) is 1.54. The molecule has 1 aromatic carbocycles. The molecule has 94 valence electrons. The van der Waals surface area contributed by atoms with Crippen LogP contribution in [0.5, 0.6) is 0 Å². The van der Waals surface area contributed by atoms with E-state index < -0.39 is 17.9 Å². The molecule has 0 fully saturated rings. The van der Waals surface area contributed by atoms with E-state index in [0.29, 0.717) is 0 Å². The van der Waals surface area contributed by atoms with Crippen LogP contribution in [0.3, 0.4) is 0 Å². The van der Waals surface area contributed by atoms with Crippen molar-refractivity contribution in [3.8, 4) is 0 Å². The number of hydrogen-bond acceptors (Lipinski definition) is 3. The monoisotopic (exact) mass is 270 g/mol. The maximum absolute atomic E-state index is 13.0. The summed E-state index contributed by atoms with van der Waals surface area (Å²) >= 11 is 5.59. The van der Waals surface area contributed by atoms with Crippen molar-refractivity contribution in [2.45, 2.75) is 6.10 Å². The first kappa shape index (κ1) is 12.6. The minimum Gasteiger partial charge on any atom is -0.478 e. The highest BCUT2D eigenvalue weighted by Gasteiger charge is 2.22. The molecule has 1 aromatic heterocycles. The van der Waals surface area contributed by atoms with Crippen LogP contribution in [0.15, 0.2) is 34.9 Å². The highest BCUT2D eigenvalue weighted by atomic mass is 35.5. The second kappa shape index (κ2) is 4.80. The highest BCUT2D eigenvalue weighted by molar-refractivity contribution is 6.30. The summed E-state index contributed by atoms with van der Waals surface area (Å²) in [6, 6.07) is 4.84. The Balaban J connectivity index is 2.41. The molecule has 6 heteroatoms. The number of furan rings is 1. The van der Waals surface area contributed by atoms with Gasteiger partial charge in [0.2, 0.25) is 0 Å². The quantitative estimate of drug-likeness (QED) is 0.900. The maximum atomic E-state index is 13.0. The third-order valence-corrected chi connectivity index (χ3v) is 2.72. The molecule has 1 heterocycles. The molecule has 0 saturated heterocycles. The van der Waals surface area contributed by atoms with Gasteiger partial charge in [0.1, 0.15) is 17.5 Å². The van der Waals surface area contributed by atoms with Gasteiger partial charge in [-0.15, -0.1) is 0 Å². The van der Waals surface area contributed by atoms with Gasteiger partial charge in [0, 0.05) is 0 Å². The summed E-state index contributed by atoms with van der Waals surface area (Å²) in [6.07, 6.45) is -0.156. The van der Waals surface area contributed by atoms with Crippen molar-refractivity contribution in [1.29, 1.82) is 0 Å². The van der Waals surface area contributed by atoms with Gasteiger partial charge in [-0.2, -0.15) is 0 Å². The fourth-order valence-corrected chi connectivity index (χ4v) is 1.73. The molecule has 0 aliphatic heterocycles. The lowest BCUT2D eigenvalue weighted by Crippen LogP contribution is -2.05. The van der Waals surface area contributed by atoms with E-state index in [1.54, 1.807) is 0 Å². The van der Waals surface area contributed by atoms with E-state index in [9.17, 15) is 14.3 Å². The van der Waals surface area contributed by atoms with Gasteiger partial charge < -0.3 is 14.6 Å². The van der Waals surface area contributed by atoms with E-state index >= 15 is 0 Å². The molecule has 0 saturated carbocycles. The number of carbonyl (C=O) groups is 1. The first-order valence-corrected chi connectivity index (χ1v) is 5.32. The number of benzene rings is 1. The summed E-state index contributed by atoms with van der Waals surface area (Å²) < 4.78 is 17.9. The zero-order chi connectivity index (χ0) is 13.3. The second-order valence-electron chi connectivity index (χ2n) is 3.58. The zero-order valence-electron chi connectivity index (χ0n) is 8.93. The molecule has 0 spiro atoms. The first-order valence-electron chi connectivity index (χ1n) is 4.94. The van der Waals surface area contributed by atoms with E-state index in [0.717, 1.165) is 12.3 Å². The van der Waals surface area contributed by atoms with Crippen molar-refractivity contribution in [3.63, 3.8) is 0 Å². The Morgan fingerprint density at radius 1 is 1.39 bits per heavy atom. The minimum absolute atomic E-state index is 0.120. The molecule has 1 atom stereocenters. The van der Waals surface area contributed by atoms with Gasteiger partial charge in [-0.25, -0.2) is 9.18 Å². The van der Waals surface area contributed by atoms with Crippen LogP contribution in [0.2, 0.25) is 5.02 Å². The summed E-state index contributed by atoms with van der Waals surface area (Å²) in [4.78, 5) is 10.9. The van der Waals surface area contributed by atoms with E-state index in [2.05, 4.69) is 0 Å². The normalized spacial score (nSPS) is 12.4. The van der Waals surface area contributed by atoms with Gasteiger partial charge in [-0.05, 0) is 23.8 Å². The van der Waals surface area contributed by atoms with E-state index in [1.165, 1.54) is 18.2 Å². The molecule has 2 aromatic rings. The summed E-state index contributed by atoms with van der Waals surface area (Å²) in [5, 5.41) is 18.7. The number of halogens is 2. The number of aromatic carboxylic acids is 1. The lowest BCUT2D eigenvalue weighted by Gasteiger charge is -2.10. The molecule has 0 amide bonds. The Morgan fingerprint density at radius 3 is 2.72 bits per heavy atom. The van der Waals surface area contributed by atoms with Crippen molar-refractivity contribution in [2.75, 3.05) is 0 Å². The minimum atomic E-state index is -1.32. The fraction of sp³-hybridized carbons (Fsp3) is 0.0833. The van der Waals surface area contributed by atoms with E-state index in [1.807, 2.05) is 0 Å². The highest BCUT2D eigenvalue weighted by Crippen LogP contribution is 2.28. The molecule has 2 rings (SSSR count). The molecule has 0 aliphatic carbocycles. The first-order chi connectivity index (χ1) is 8.50. The van der Waals surface area contributed by atoms with Crippen molar-refractivity contribution >= 4 is 17.6 Å². The molecular weight excluding hydrogens is 263 g/mol. The third-order valence-electron chi connectivity index (χ3n) is 2.43. The SMILES string of the molecule is O=C(O)c1ccoc1C(O)c1ccc(F)c(Cl)c1. The molecule has 0 radical (unpaired) electrons. The number of carboxylic acids is 1. The van der Waals surface area contributed by atoms with Crippen LogP contribution in [0, 0.1) is 5.82 Å². The molecule has 0 bridgehead atoms. The van der Waals surface area contributed by atoms with Crippen LogP contribution < -0.4 is 0 Å². The van der Waals surface area contributed by atoms with E-state index in [-0.39, 0.29) is 21.9 Å². The molecular formula is C12H8ClFO4. The lowest BCUT2D eigenvalue weighted by atomic mass is 10.0.